The lowest BCUT2D eigenvalue weighted by Crippen LogP contribution is -2.42. The smallest absolute Gasteiger partial charge is 0.421 e. The van der Waals surface area contributed by atoms with E-state index in [1.165, 1.54) is 7.05 Å². The van der Waals surface area contributed by atoms with Gasteiger partial charge in [0.05, 0.1) is 6.61 Å². The maximum atomic E-state index is 11.5. The number of amides is 1. The van der Waals surface area contributed by atoms with Crippen molar-refractivity contribution in [2.24, 2.45) is 0 Å². The van der Waals surface area contributed by atoms with Gasteiger partial charge >= 0.3 is 16.3 Å². The zero-order chi connectivity index (χ0) is 12.6. The van der Waals surface area contributed by atoms with Crippen LogP contribution in [0.3, 0.4) is 0 Å². The highest BCUT2D eigenvalue weighted by Gasteiger charge is 2.20. The number of rotatable bonds is 7. The molecule has 0 aromatic carbocycles. The number of nitrogens with one attached hydrogen (secondary N) is 2. The standard InChI is InChI=1S/C8H19N3O4S/c1-4-15-8(12)10-16(13,14)11(3)7-5-6-9-2/h9H,4-7H2,1-3H3,(H,10,12). The van der Waals surface area contributed by atoms with Gasteiger partial charge in [0.1, 0.15) is 0 Å². The summed E-state index contributed by atoms with van der Waals surface area (Å²) in [7, 11) is -0.598. The minimum absolute atomic E-state index is 0.130. The molecule has 0 spiro atoms. The second-order valence-electron chi connectivity index (χ2n) is 3.11. The van der Waals surface area contributed by atoms with Crippen LogP contribution in [-0.2, 0) is 14.9 Å². The van der Waals surface area contributed by atoms with E-state index in [1.54, 1.807) is 18.7 Å². The fraction of sp³-hybridized carbons (Fsp3) is 0.875. The van der Waals surface area contributed by atoms with E-state index in [9.17, 15) is 13.2 Å². The third kappa shape index (κ3) is 5.89. The van der Waals surface area contributed by atoms with Crippen LogP contribution in [0.15, 0.2) is 0 Å². The zero-order valence-electron chi connectivity index (χ0n) is 9.82. The van der Waals surface area contributed by atoms with Crippen molar-refractivity contribution in [3.63, 3.8) is 0 Å². The van der Waals surface area contributed by atoms with E-state index in [-0.39, 0.29) is 6.61 Å². The minimum Gasteiger partial charge on any atom is -0.449 e. The Balaban J connectivity index is 4.15. The molecule has 0 radical (unpaired) electrons. The van der Waals surface area contributed by atoms with Crippen LogP contribution in [0.1, 0.15) is 13.3 Å². The Morgan fingerprint density at radius 3 is 2.56 bits per heavy atom. The first-order chi connectivity index (χ1) is 7.44. The van der Waals surface area contributed by atoms with Crippen LogP contribution in [0.2, 0.25) is 0 Å². The zero-order valence-corrected chi connectivity index (χ0v) is 10.6. The van der Waals surface area contributed by atoms with Crippen molar-refractivity contribution < 1.29 is 17.9 Å². The largest absolute Gasteiger partial charge is 0.449 e. The average Bonchev–Trinajstić information content (AvgIpc) is 2.17. The fourth-order valence-corrected chi connectivity index (χ4v) is 1.74. The monoisotopic (exact) mass is 253 g/mol. The summed E-state index contributed by atoms with van der Waals surface area (Å²) in [6.07, 6.45) is -0.292. The van der Waals surface area contributed by atoms with Crippen LogP contribution in [0, 0.1) is 0 Å². The van der Waals surface area contributed by atoms with Gasteiger partial charge in [0.15, 0.2) is 0 Å². The van der Waals surface area contributed by atoms with Gasteiger partial charge in [0.25, 0.3) is 0 Å². The first-order valence-corrected chi connectivity index (χ1v) is 6.43. The number of ether oxygens (including phenoxy) is 1. The van der Waals surface area contributed by atoms with E-state index >= 15 is 0 Å². The van der Waals surface area contributed by atoms with Crippen molar-refractivity contribution >= 4 is 16.3 Å². The van der Waals surface area contributed by atoms with Crippen LogP contribution in [0.5, 0.6) is 0 Å². The Bertz CT molecular complexity index is 304. The van der Waals surface area contributed by atoms with Crippen LogP contribution in [0.25, 0.3) is 0 Å². The molecule has 0 aliphatic rings. The molecular formula is C8H19N3O4S. The van der Waals surface area contributed by atoms with Crippen LogP contribution < -0.4 is 10.0 Å². The maximum absolute atomic E-state index is 11.5. The normalized spacial score (nSPS) is 11.5. The molecule has 0 saturated heterocycles. The first-order valence-electron chi connectivity index (χ1n) is 4.99. The second-order valence-corrected chi connectivity index (χ2v) is 4.88. The number of carbonyl (C=O) groups excluding carboxylic acids is 1. The molecule has 1 amide bonds. The number of carbonyl (C=O) groups is 1. The Kier molecular flexibility index (Phi) is 7.02. The number of nitrogens with zero attached hydrogens (tertiary/aromatic N) is 1. The summed E-state index contributed by atoms with van der Waals surface area (Å²) in [6.45, 7) is 2.77. The first kappa shape index (κ1) is 15.1. The van der Waals surface area contributed by atoms with Gasteiger partial charge in [-0.15, -0.1) is 0 Å². The molecule has 0 unspecified atom stereocenters. The summed E-state index contributed by atoms with van der Waals surface area (Å²) in [6, 6.07) is 0. The Morgan fingerprint density at radius 1 is 1.44 bits per heavy atom. The molecule has 8 heteroatoms. The molecule has 16 heavy (non-hydrogen) atoms. The van der Waals surface area contributed by atoms with Crippen molar-refractivity contribution in [2.75, 3.05) is 33.8 Å². The van der Waals surface area contributed by atoms with Gasteiger partial charge in [0, 0.05) is 13.6 Å². The van der Waals surface area contributed by atoms with Gasteiger partial charge in [0.2, 0.25) is 0 Å². The third-order valence-electron chi connectivity index (χ3n) is 1.80. The molecule has 96 valence electrons. The molecule has 2 N–H and O–H groups in total. The summed E-state index contributed by atoms with van der Waals surface area (Å²) in [5.74, 6) is 0. The molecule has 0 aromatic rings. The van der Waals surface area contributed by atoms with Gasteiger partial charge in [-0.25, -0.2) is 9.52 Å². The van der Waals surface area contributed by atoms with Crippen LogP contribution >= 0.6 is 0 Å². The molecular weight excluding hydrogens is 234 g/mol. The van der Waals surface area contributed by atoms with Gasteiger partial charge in [-0.2, -0.15) is 12.7 Å². The van der Waals surface area contributed by atoms with Gasteiger partial charge < -0.3 is 10.1 Å². The Hall–Kier alpha value is -0.860. The molecule has 0 aliphatic carbocycles. The van der Waals surface area contributed by atoms with E-state index in [4.69, 9.17) is 0 Å². The van der Waals surface area contributed by atoms with Gasteiger partial charge in [-0.1, -0.05) is 0 Å². The minimum atomic E-state index is -3.78. The van der Waals surface area contributed by atoms with E-state index < -0.39 is 16.3 Å². The quantitative estimate of drug-likeness (QED) is 0.598. The van der Waals surface area contributed by atoms with E-state index in [0.29, 0.717) is 19.5 Å². The molecule has 0 aliphatic heterocycles. The molecule has 0 bridgehead atoms. The van der Waals surface area contributed by atoms with Crippen LogP contribution in [0.4, 0.5) is 4.79 Å². The summed E-state index contributed by atoms with van der Waals surface area (Å²) < 4.78 is 30.4. The lowest BCUT2D eigenvalue weighted by atomic mass is 10.4. The Labute approximate surface area is 96.3 Å². The Morgan fingerprint density at radius 2 is 2.06 bits per heavy atom. The number of hydrogen-bond donors (Lipinski definition) is 2. The SMILES string of the molecule is CCOC(=O)NS(=O)(=O)N(C)CCCNC. The maximum Gasteiger partial charge on any atom is 0.421 e. The summed E-state index contributed by atoms with van der Waals surface area (Å²) in [5, 5.41) is 2.90. The highest BCUT2D eigenvalue weighted by molar-refractivity contribution is 7.87. The van der Waals surface area contributed by atoms with E-state index in [2.05, 4.69) is 10.1 Å². The summed E-state index contributed by atoms with van der Waals surface area (Å²) in [4.78, 5) is 10.9. The molecule has 0 atom stereocenters. The van der Waals surface area contributed by atoms with E-state index in [0.717, 1.165) is 4.31 Å². The second kappa shape index (κ2) is 7.42. The van der Waals surface area contributed by atoms with Crippen molar-refractivity contribution in [3.05, 3.63) is 0 Å². The van der Waals surface area contributed by atoms with Crippen molar-refractivity contribution in [3.8, 4) is 0 Å². The lowest BCUT2D eigenvalue weighted by molar-refractivity contribution is 0.158. The third-order valence-corrected chi connectivity index (χ3v) is 3.23. The predicted octanol–water partition coefficient (Wildman–Crippen LogP) is -0.481. The van der Waals surface area contributed by atoms with Gasteiger partial charge in [-0.05, 0) is 26.9 Å². The predicted molar refractivity (Wildman–Crippen MR) is 60.3 cm³/mol. The van der Waals surface area contributed by atoms with Gasteiger partial charge in [-0.3, -0.25) is 0 Å². The average molecular weight is 253 g/mol. The van der Waals surface area contributed by atoms with E-state index in [1.807, 2.05) is 0 Å². The highest BCUT2D eigenvalue weighted by atomic mass is 32.2. The molecule has 0 rings (SSSR count). The van der Waals surface area contributed by atoms with Crippen LogP contribution in [-0.4, -0.2) is 52.6 Å². The van der Waals surface area contributed by atoms with Crippen molar-refractivity contribution in [2.45, 2.75) is 13.3 Å². The number of hydrogen-bond acceptors (Lipinski definition) is 5. The molecule has 0 saturated carbocycles. The topological polar surface area (TPSA) is 87.7 Å². The summed E-state index contributed by atoms with van der Waals surface area (Å²) in [5.41, 5.74) is 0. The molecule has 7 nitrogen and oxygen atoms in total. The fourth-order valence-electron chi connectivity index (χ4n) is 0.942. The lowest BCUT2D eigenvalue weighted by Gasteiger charge is -2.16. The van der Waals surface area contributed by atoms with Crippen molar-refractivity contribution in [1.82, 2.24) is 14.3 Å². The molecule has 0 heterocycles. The molecule has 0 fully saturated rings. The van der Waals surface area contributed by atoms with Crippen molar-refractivity contribution in [1.29, 1.82) is 0 Å². The highest BCUT2D eigenvalue weighted by Crippen LogP contribution is 1.96. The summed E-state index contributed by atoms with van der Waals surface area (Å²) >= 11 is 0. The molecule has 0 aromatic heterocycles.